The monoisotopic (exact) mass is 201 g/mol. The van der Waals surface area contributed by atoms with Gasteiger partial charge in [0.15, 0.2) is 0 Å². The van der Waals surface area contributed by atoms with Gasteiger partial charge in [0.05, 0.1) is 12.3 Å². The average Bonchev–Trinajstić information content (AvgIpc) is 2.52. The first-order valence-electron chi connectivity index (χ1n) is 3.86. The van der Waals surface area contributed by atoms with Crippen LogP contribution in [0.15, 0.2) is 11.4 Å². The molecule has 0 aliphatic heterocycles. The van der Waals surface area contributed by atoms with Crippen LogP contribution in [0.5, 0.6) is 0 Å². The topological polar surface area (TPSA) is 72.6 Å². The maximum atomic E-state index is 11.2. The third-order valence-corrected chi connectivity index (χ3v) is 2.33. The van der Waals surface area contributed by atoms with Gasteiger partial charge in [0, 0.05) is 13.0 Å². The lowest BCUT2D eigenvalue weighted by Crippen LogP contribution is -2.07. The second-order valence-corrected chi connectivity index (χ2v) is 3.33. The molecule has 1 aromatic rings. The number of nitrogens with two attached hydrogens (primary N) is 1. The Balaban J connectivity index is 2.45. The molecule has 0 atom stereocenters. The number of aliphatic hydroxyl groups excluding tert-OH is 1. The van der Waals surface area contributed by atoms with Gasteiger partial charge in [-0.05, 0) is 11.4 Å². The molecule has 4 nitrogen and oxygen atoms in total. The summed E-state index contributed by atoms with van der Waals surface area (Å²) in [6, 6.07) is 1.66. The first-order chi connectivity index (χ1) is 6.25. The van der Waals surface area contributed by atoms with Gasteiger partial charge in [-0.15, -0.1) is 11.3 Å². The van der Waals surface area contributed by atoms with E-state index in [0.29, 0.717) is 17.0 Å². The number of carbonyl (C=O) groups is 1. The number of rotatable bonds is 4. The van der Waals surface area contributed by atoms with E-state index in [0.717, 1.165) is 0 Å². The van der Waals surface area contributed by atoms with Crippen molar-refractivity contribution in [3.05, 3.63) is 16.3 Å². The molecule has 0 aromatic carbocycles. The van der Waals surface area contributed by atoms with Crippen LogP contribution in [0, 0.1) is 0 Å². The summed E-state index contributed by atoms with van der Waals surface area (Å²) in [6.45, 7) is 0.250. The molecule has 0 aliphatic carbocycles. The number of anilines is 1. The molecule has 3 N–H and O–H groups in total. The molecule has 1 aromatic heterocycles. The maximum absolute atomic E-state index is 11.2. The van der Waals surface area contributed by atoms with E-state index in [1.807, 2.05) is 0 Å². The van der Waals surface area contributed by atoms with Crippen molar-refractivity contribution in [2.75, 3.05) is 18.9 Å². The van der Waals surface area contributed by atoms with Crippen molar-refractivity contribution in [1.29, 1.82) is 0 Å². The molecule has 1 rings (SSSR count). The van der Waals surface area contributed by atoms with Gasteiger partial charge in [0.2, 0.25) is 0 Å². The van der Waals surface area contributed by atoms with Crippen molar-refractivity contribution in [2.24, 2.45) is 0 Å². The number of thiophene rings is 1. The molecule has 13 heavy (non-hydrogen) atoms. The van der Waals surface area contributed by atoms with Crippen LogP contribution < -0.4 is 5.73 Å². The Labute approximate surface area is 79.9 Å². The largest absolute Gasteiger partial charge is 0.461 e. The molecular formula is C8H11NO3S. The quantitative estimate of drug-likeness (QED) is 0.560. The minimum Gasteiger partial charge on any atom is -0.461 e. The smallest absolute Gasteiger partial charge is 0.350 e. The first kappa shape index (κ1) is 10.0. The lowest BCUT2D eigenvalue weighted by atomic mass is 10.4. The number of aliphatic hydroxyl groups is 1. The number of carbonyl (C=O) groups excluding carboxylic acids is 1. The van der Waals surface area contributed by atoms with Gasteiger partial charge in [0.25, 0.3) is 0 Å². The van der Waals surface area contributed by atoms with Gasteiger partial charge in [-0.2, -0.15) is 0 Å². The van der Waals surface area contributed by atoms with Crippen molar-refractivity contribution < 1.29 is 14.6 Å². The molecule has 0 bridgehead atoms. The fourth-order valence-electron chi connectivity index (χ4n) is 0.780. The molecule has 0 amide bonds. The first-order valence-corrected chi connectivity index (χ1v) is 4.74. The zero-order chi connectivity index (χ0) is 9.68. The number of ether oxygens (including phenoxy) is 1. The lowest BCUT2D eigenvalue weighted by Gasteiger charge is -2.01. The fraction of sp³-hybridized carbons (Fsp3) is 0.375. The fourth-order valence-corrected chi connectivity index (χ4v) is 1.49. The Bertz CT molecular complexity index is 285. The molecule has 0 aliphatic rings. The second kappa shape index (κ2) is 4.84. The summed E-state index contributed by atoms with van der Waals surface area (Å²) >= 11 is 1.25. The zero-order valence-corrected chi connectivity index (χ0v) is 7.84. The molecule has 0 saturated heterocycles. The Kier molecular flexibility index (Phi) is 3.72. The van der Waals surface area contributed by atoms with Crippen molar-refractivity contribution in [3.8, 4) is 0 Å². The summed E-state index contributed by atoms with van der Waals surface area (Å²) in [5, 5.41) is 10.2. The van der Waals surface area contributed by atoms with Crippen LogP contribution in [0.2, 0.25) is 0 Å². The van der Waals surface area contributed by atoms with E-state index in [2.05, 4.69) is 0 Å². The summed E-state index contributed by atoms with van der Waals surface area (Å²) in [6.07, 6.45) is 0.455. The summed E-state index contributed by atoms with van der Waals surface area (Å²) in [4.78, 5) is 11.7. The Hall–Kier alpha value is -1.07. The van der Waals surface area contributed by atoms with E-state index in [4.69, 9.17) is 15.6 Å². The van der Waals surface area contributed by atoms with Crippen molar-refractivity contribution in [3.63, 3.8) is 0 Å². The summed E-state index contributed by atoms with van der Waals surface area (Å²) in [5.41, 5.74) is 5.95. The van der Waals surface area contributed by atoms with Crippen LogP contribution in [0.1, 0.15) is 16.1 Å². The minimum atomic E-state index is -0.416. The van der Waals surface area contributed by atoms with E-state index in [1.165, 1.54) is 11.3 Å². The average molecular weight is 201 g/mol. The highest BCUT2D eigenvalue weighted by molar-refractivity contribution is 7.12. The van der Waals surface area contributed by atoms with E-state index >= 15 is 0 Å². The number of nitrogen functional groups attached to an aromatic ring is 1. The predicted molar refractivity (Wildman–Crippen MR) is 50.7 cm³/mol. The molecule has 0 fully saturated rings. The molecule has 0 spiro atoms. The van der Waals surface area contributed by atoms with Crippen LogP contribution in [-0.4, -0.2) is 24.3 Å². The van der Waals surface area contributed by atoms with Crippen LogP contribution in [0.3, 0.4) is 0 Å². The van der Waals surface area contributed by atoms with Gasteiger partial charge in [-0.3, -0.25) is 0 Å². The third-order valence-electron chi connectivity index (χ3n) is 1.42. The van der Waals surface area contributed by atoms with Crippen molar-refractivity contribution >= 4 is 23.0 Å². The Morgan fingerprint density at radius 2 is 2.46 bits per heavy atom. The molecule has 1 heterocycles. The summed E-state index contributed by atoms with van der Waals surface area (Å²) in [7, 11) is 0. The van der Waals surface area contributed by atoms with Crippen LogP contribution in [-0.2, 0) is 4.74 Å². The van der Waals surface area contributed by atoms with E-state index < -0.39 is 5.97 Å². The van der Waals surface area contributed by atoms with E-state index in [1.54, 1.807) is 11.4 Å². The Morgan fingerprint density at radius 1 is 1.69 bits per heavy atom. The van der Waals surface area contributed by atoms with Crippen molar-refractivity contribution in [1.82, 2.24) is 0 Å². The van der Waals surface area contributed by atoms with Crippen LogP contribution >= 0.6 is 11.3 Å². The molecular weight excluding hydrogens is 190 g/mol. The van der Waals surface area contributed by atoms with Gasteiger partial charge >= 0.3 is 5.97 Å². The maximum Gasteiger partial charge on any atom is 0.350 e. The minimum absolute atomic E-state index is 0.0210. The van der Waals surface area contributed by atoms with Gasteiger partial charge in [0.1, 0.15) is 4.88 Å². The third kappa shape index (κ3) is 2.71. The number of hydrogen-bond acceptors (Lipinski definition) is 5. The highest BCUT2D eigenvalue weighted by Crippen LogP contribution is 2.19. The lowest BCUT2D eigenvalue weighted by molar-refractivity contribution is 0.0489. The molecule has 0 unspecified atom stereocenters. The van der Waals surface area contributed by atoms with Gasteiger partial charge < -0.3 is 15.6 Å². The van der Waals surface area contributed by atoms with E-state index in [-0.39, 0.29) is 13.2 Å². The highest BCUT2D eigenvalue weighted by atomic mass is 32.1. The normalized spacial score (nSPS) is 9.92. The molecule has 72 valence electrons. The second-order valence-electron chi connectivity index (χ2n) is 2.42. The SMILES string of the molecule is Nc1ccsc1C(=O)OCCCO. The highest BCUT2D eigenvalue weighted by Gasteiger charge is 2.11. The number of esters is 1. The standard InChI is InChI=1S/C8H11NO3S/c9-6-2-5-13-7(6)8(11)12-4-1-3-10/h2,5,10H,1,3-4,9H2. The Morgan fingerprint density at radius 3 is 3.00 bits per heavy atom. The van der Waals surface area contributed by atoms with Crippen LogP contribution in [0.4, 0.5) is 5.69 Å². The predicted octanol–water partition coefficient (Wildman–Crippen LogP) is 0.870. The molecule has 0 saturated carbocycles. The number of hydrogen-bond donors (Lipinski definition) is 2. The summed E-state index contributed by atoms with van der Waals surface area (Å²) in [5.74, 6) is -0.416. The van der Waals surface area contributed by atoms with E-state index in [9.17, 15) is 4.79 Å². The molecule has 5 heteroatoms. The summed E-state index contributed by atoms with van der Waals surface area (Å²) < 4.78 is 4.84. The van der Waals surface area contributed by atoms with Crippen molar-refractivity contribution in [2.45, 2.75) is 6.42 Å². The van der Waals surface area contributed by atoms with Crippen LogP contribution in [0.25, 0.3) is 0 Å². The molecule has 0 radical (unpaired) electrons. The van der Waals surface area contributed by atoms with Gasteiger partial charge in [-0.25, -0.2) is 4.79 Å². The van der Waals surface area contributed by atoms with Gasteiger partial charge in [-0.1, -0.05) is 0 Å². The zero-order valence-electron chi connectivity index (χ0n) is 7.03.